The van der Waals surface area contributed by atoms with Crippen LogP contribution in [0.1, 0.15) is 25.3 Å². The van der Waals surface area contributed by atoms with Gasteiger partial charge in [0, 0.05) is 13.2 Å². The van der Waals surface area contributed by atoms with Crippen molar-refractivity contribution in [1.82, 2.24) is 5.32 Å². The van der Waals surface area contributed by atoms with E-state index in [9.17, 15) is 13.9 Å². The van der Waals surface area contributed by atoms with Crippen LogP contribution < -0.4 is 10.1 Å². The quantitative estimate of drug-likeness (QED) is 0.811. The van der Waals surface area contributed by atoms with Gasteiger partial charge in [-0.2, -0.15) is 8.78 Å². The maximum absolute atomic E-state index is 12.1. The lowest BCUT2D eigenvalue weighted by Crippen LogP contribution is -2.46. The van der Waals surface area contributed by atoms with Crippen molar-refractivity contribution in [2.24, 2.45) is 0 Å². The van der Waals surface area contributed by atoms with Crippen LogP contribution >= 0.6 is 0 Å². The van der Waals surface area contributed by atoms with Gasteiger partial charge < -0.3 is 19.9 Å². The average Bonchev–Trinajstić information content (AvgIpc) is 2.98. The molecule has 0 saturated carbocycles. The number of halogens is 2. The molecule has 0 aliphatic carbocycles. The third-order valence-corrected chi connectivity index (χ3v) is 3.78. The van der Waals surface area contributed by atoms with Gasteiger partial charge in [0.2, 0.25) is 0 Å². The van der Waals surface area contributed by atoms with Gasteiger partial charge >= 0.3 is 6.61 Å². The van der Waals surface area contributed by atoms with Gasteiger partial charge in [-0.1, -0.05) is 12.1 Å². The van der Waals surface area contributed by atoms with Crippen molar-refractivity contribution in [3.05, 3.63) is 29.8 Å². The summed E-state index contributed by atoms with van der Waals surface area (Å²) in [5.41, 5.74) is 0.166. The highest BCUT2D eigenvalue weighted by Crippen LogP contribution is 2.24. The van der Waals surface area contributed by atoms with Crippen molar-refractivity contribution in [2.75, 3.05) is 19.8 Å². The van der Waals surface area contributed by atoms with Crippen molar-refractivity contribution in [1.29, 1.82) is 0 Å². The van der Waals surface area contributed by atoms with Crippen molar-refractivity contribution >= 4 is 0 Å². The van der Waals surface area contributed by atoms with Crippen molar-refractivity contribution in [2.45, 2.75) is 38.0 Å². The van der Waals surface area contributed by atoms with E-state index in [4.69, 9.17) is 4.74 Å². The van der Waals surface area contributed by atoms with E-state index in [2.05, 4.69) is 10.1 Å². The van der Waals surface area contributed by atoms with Crippen LogP contribution in [0.2, 0.25) is 0 Å². The molecule has 1 aliphatic heterocycles. The second-order valence-electron chi connectivity index (χ2n) is 5.41. The summed E-state index contributed by atoms with van der Waals surface area (Å²) in [6, 6.07) is 6.30. The molecule has 1 aliphatic rings. The van der Waals surface area contributed by atoms with Crippen molar-refractivity contribution in [3.63, 3.8) is 0 Å². The molecule has 2 unspecified atom stereocenters. The van der Waals surface area contributed by atoms with Gasteiger partial charge in [0.15, 0.2) is 0 Å². The first kappa shape index (κ1) is 16.1. The van der Waals surface area contributed by atoms with Crippen molar-refractivity contribution in [3.8, 4) is 5.75 Å². The van der Waals surface area contributed by atoms with Crippen LogP contribution in [0.3, 0.4) is 0 Å². The van der Waals surface area contributed by atoms with Gasteiger partial charge in [-0.3, -0.25) is 0 Å². The van der Waals surface area contributed by atoms with Gasteiger partial charge in [-0.05, 0) is 37.5 Å². The summed E-state index contributed by atoms with van der Waals surface area (Å²) in [6.07, 6.45) is 2.23. The maximum atomic E-state index is 12.1. The molecule has 6 heteroatoms. The third kappa shape index (κ3) is 4.36. The number of ether oxygens (including phenoxy) is 2. The molecule has 4 nitrogen and oxygen atoms in total. The number of rotatable bonds is 7. The predicted octanol–water partition coefficient (Wildman–Crippen LogP) is 2.26. The van der Waals surface area contributed by atoms with Gasteiger partial charge in [0.1, 0.15) is 5.75 Å². The molecule has 0 aromatic heterocycles. The predicted molar refractivity (Wildman–Crippen MR) is 74.5 cm³/mol. The molecule has 1 aromatic rings. The van der Waals surface area contributed by atoms with Gasteiger partial charge in [0.25, 0.3) is 0 Å². The number of alkyl halides is 2. The first-order chi connectivity index (χ1) is 10.0. The Labute approximate surface area is 123 Å². The Morgan fingerprint density at radius 3 is 2.67 bits per heavy atom. The molecule has 1 fully saturated rings. The highest BCUT2D eigenvalue weighted by Gasteiger charge is 2.27. The lowest BCUT2D eigenvalue weighted by Gasteiger charge is -2.31. The minimum Gasteiger partial charge on any atom is -0.435 e. The molecule has 0 bridgehead atoms. The SMILES string of the molecule is CC(CO)(NCC1CCCO1)c1ccc(OC(F)F)cc1. The van der Waals surface area contributed by atoms with Crippen LogP contribution in [0.15, 0.2) is 24.3 Å². The molecular formula is C15H21F2NO3. The summed E-state index contributed by atoms with van der Waals surface area (Å²) in [6.45, 7) is 0.353. The van der Waals surface area contributed by atoms with E-state index >= 15 is 0 Å². The van der Waals surface area contributed by atoms with Gasteiger partial charge in [-0.25, -0.2) is 0 Å². The maximum Gasteiger partial charge on any atom is 0.387 e. The monoisotopic (exact) mass is 301 g/mol. The summed E-state index contributed by atoms with van der Waals surface area (Å²) in [5, 5.41) is 13.0. The number of hydrogen-bond acceptors (Lipinski definition) is 4. The second-order valence-corrected chi connectivity index (χ2v) is 5.41. The minimum atomic E-state index is -2.84. The second kappa shape index (κ2) is 7.15. The molecule has 1 aromatic carbocycles. The molecule has 21 heavy (non-hydrogen) atoms. The van der Waals surface area contributed by atoms with Gasteiger partial charge in [0.05, 0.1) is 18.2 Å². The Balaban J connectivity index is 2.00. The van der Waals surface area contributed by atoms with Crippen LogP contribution in [0.25, 0.3) is 0 Å². The first-order valence-corrected chi connectivity index (χ1v) is 7.06. The molecular weight excluding hydrogens is 280 g/mol. The van der Waals surface area contributed by atoms with Crippen LogP contribution in [0.5, 0.6) is 5.75 Å². The Kier molecular flexibility index (Phi) is 5.50. The number of hydrogen-bond donors (Lipinski definition) is 2. The Morgan fingerprint density at radius 1 is 1.43 bits per heavy atom. The van der Waals surface area contributed by atoms with Crippen LogP contribution in [0.4, 0.5) is 8.78 Å². The summed E-state index contributed by atoms with van der Waals surface area (Å²) < 4.78 is 34.1. The molecule has 2 N–H and O–H groups in total. The number of nitrogens with one attached hydrogen (secondary N) is 1. The zero-order valence-electron chi connectivity index (χ0n) is 12.0. The van der Waals surface area contributed by atoms with E-state index in [0.717, 1.165) is 25.0 Å². The van der Waals surface area contributed by atoms with Crippen LogP contribution in [-0.2, 0) is 10.3 Å². The highest BCUT2D eigenvalue weighted by atomic mass is 19.3. The molecule has 0 spiro atoms. The molecule has 0 radical (unpaired) electrons. The standard InChI is InChI=1S/C15H21F2NO3/c1-15(10-19,18-9-13-3-2-8-20-13)11-4-6-12(7-5-11)21-14(16)17/h4-7,13-14,18-19H,2-3,8-10H2,1H3. The Hall–Kier alpha value is -1.24. The largest absolute Gasteiger partial charge is 0.435 e. The van der Waals surface area contributed by atoms with E-state index in [-0.39, 0.29) is 18.5 Å². The zero-order valence-corrected chi connectivity index (χ0v) is 12.0. The van der Waals surface area contributed by atoms with E-state index in [1.54, 1.807) is 12.1 Å². The fourth-order valence-electron chi connectivity index (χ4n) is 2.40. The van der Waals surface area contributed by atoms with E-state index < -0.39 is 12.2 Å². The van der Waals surface area contributed by atoms with Crippen LogP contribution in [-0.4, -0.2) is 37.6 Å². The molecule has 2 atom stereocenters. The number of aliphatic hydroxyl groups excluding tert-OH is 1. The summed E-state index contributed by atoms with van der Waals surface area (Å²) in [5.74, 6) is 0.105. The summed E-state index contributed by atoms with van der Waals surface area (Å²) in [4.78, 5) is 0. The summed E-state index contributed by atoms with van der Waals surface area (Å²) >= 11 is 0. The van der Waals surface area contributed by atoms with Crippen molar-refractivity contribution < 1.29 is 23.4 Å². The van der Waals surface area contributed by atoms with Crippen LogP contribution in [0, 0.1) is 0 Å². The number of benzene rings is 1. The molecule has 0 amide bonds. The first-order valence-electron chi connectivity index (χ1n) is 7.06. The molecule has 2 rings (SSSR count). The van der Waals surface area contributed by atoms with E-state index in [1.807, 2.05) is 6.92 Å². The lowest BCUT2D eigenvalue weighted by atomic mass is 9.92. The highest BCUT2D eigenvalue weighted by molar-refractivity contribution is 5.31. The normalized spacial score (nSPS) is 21.5. The minimum absolute atomic E-state index is 0.102. The average molecular weight is 301 g/mol. The van der Waals surface area contributed by atoms with Gasteiger partial charge in [-0.15, -0.1) is 0 Å². The summed E-state index contributed by atoms with van der Waals surface area (Å²) in [7, 11) is 0. The molecule has 1 saturated heterocycles. The molecule has 118 valence electrons. The smallest absolute Gasteiger partial charge is 0.387 e. The Bertz CT molecular complexity index is 435. The fraction of sp³-hybridized carbons (Fsp3) is 0.600. The fourth-order valence-corrected chi connectivity index (χ4v) is 2.40. The lowest BCUT2D eigenvalue weighted by molar-refractivity contribution is -0.0498. The van der Waals surface area contributed by atoms with E-state index in [1.165, 1.54) is 12.1 Å². The third-order valence-electron chi connectivity index (χ3n) is 3.78. The van der Waals surface area contributed by atoms with E-state index in [0.29, 0.717) is 6.54 Å². The topological polar surface area (TPSA) is 50.7 Å². The molecule has 1 heterocycles. The number of aliphatic hydroxyl groups is 1. The zero-order chi connectivity index (χ0) is 15.3. The Morgan fingerprint density at radius 2 is 2.14 bits per heavy atom.